The highest BCUT2D eigenvalue weighted by Crippen LogP contribution is 2.33. The summed E-state index contributed by atoms with van der Waals surface area (Å²) in [6.07, 6.45) is 1.09. The Morgan fingerprint density at radius 2 is 1.51 bits per heavy atom. The monoisotopic (exact) mass is 524 g/mol. The van der Waals surface area contributed by atoms with E-state index in [1.807, 2.05) is 82.3 Å². The number of hydrogen-bond acceptors (Lipinski definition) is 7. The summed E-state index contributed by atoms with van der Waals surface area (Å²) in [5.74, 6) is 1.13. The van der Waals surface area contributed by atoms with Gasteiger partial charge in [-0.15, -0.1) is 0 Å². The highest BCUT2D eigenvalue weighted by Gasteiger charge is 2.22. The van der Waals surface area contributed by atoms with Crippen molar-refractivity contribution < 1.29 is 9.53 Å². The van der Waals surface area contributed by atoms with Crippen LogP contribution in [0.25, 0.3) is 0 Å². The van der Waals surface area contributed by atoms with Gasteiger partial charge in [-0.25, -0.2) is 14.8 Å². The summed E-state index contributed by atoms with van der Waals surface area (Å²) in [6.45, 7) is 8.77. The molecule has 8 nitrogen and oxygen atoms in total. The van der Waals surface area contributed by atoms with Gasteiger partial charge < -0.3 is 20.7 Å². The van der Waals surface area contributed by atoms with E-state index in [1.165, 1.54) is 11.2 Å². The lowest BCUT2D eigenvalue weighted by atomic mass is 10.1. The molecule has 0 saturated carbocycles. The molecule has 1 heterocycles. The quantitative estimate of drug-likeness (QED) is 0.265. The molecule has 0 fully saturated rings. The third-order valence-electron chi connectivity index (χ3n) is 6.12. The number of nitrogens with two attached hydrogens (primary N) is 1. The number of anilines is 5. The Kier molecular flexibility index (Phi) is 8.34. The zero-order valence-electron chi connectivity index (χ0n) is 23.2. The topological polar surface area (TPSA) is 96.6 Å². The van der Waals surface area contributed by atoms with Gasteiger partial charge in [0.05, 0.1) is 0 Å². The molecular weight excluding hydrogens is 488 g/mol. The molecule has 0 radical (unpaired) electrons. The molecule has 4 rings (SSSR count). The number of nitrogens with one attached hydrogen (secondary N) is 1. The molecule has 0 aliphatic rings. The van der Waals surface area contributed by atoms with Crippen molar-refractivity contribution in [1.82, 2.24) is 9.97 Å². The van der Waals surface area contributed by atoms with E-state index in [1.54, 1.807) is 7.05 Å². The van der Waals surface area contributed by atoms with Crippen molar-refractivity contribution in [3.05, 3.63) is 102 Å². The summed E-state index contributed by atoms with van der Waals surface area (Å²) in [7, 11) is 1.69. The Morgan fingerprint density at radius 1 is 0.923 bits per heavy atom. The largest absolute Gasteiger partial charge is 0.443 e. The number of carbonyl (C=O) groups is 1. The third kappa shape index (κ3) is 7.25. The minimum absolute atomic E-state index is 0.432. The second kappa shape index (κ2) is 11.9. The number of ether oxygens (including phenoxy) is 1. The van der Waals surface area contributed by atoms with Gasteiger partial charge in [0, 0.05) is 31.5 Å². The van der Waals surface area contributed by atoms with Gasteiger partial charge in [0.1, 0.15) is 17.6 Å². The first kappa shape index (κ1) is 27.4. The molecule has 0 aliphatic heterocycles. The summed E-state index contributed by atoms with van der Waals surface area (Å²) < 4.78 is 5.52. The maximum atomic E-state index is 12.6. The summed E-state index contributed by atoms with van der Waals surface area (Å²) in [4.78, 5) is 25.3. The Balaban J connectivity index is 1.63. The van der Waals surface area contributed by atoms with Crippen LogP contribution in [0.4, 0.5) is 33.5 Å². The normalized spacial score (nSPS) is 11.1. The molecule has 39 heavy (non-hydrogen) atoms. The van der Waals surface area contributed by atoms with Crippen LogP contribution in [0.5, 0.6) is 0 Å². The van der Waals surface area contributed by atoms with Gasteiger partial charge in [0.2, 0.25) is 0 Å². The molecular formula is C31H36N6O2. The average molecular weight is 525 g/mol. The first-order chi connectivity index (χ1) is 18.6. The van der Waals surface area contributed by atoms with Crippen LogP contribution >= 0.6 is 0 Å². The van der Waals surface area contributed by atoms with Crippen molar-refractivity contribution in [2.24, 2.45) is 0 Å². The maximum absolute atomic E-state index is 12.6. The molecule has 0 saturated heterocycles. The molecule has 202 valence electrons. The van der Waals surface area contributed by atoms with Crippen LogP contribution in [-0.4, -0.2) is 28.7 Å². The first-order valence-electron chi connectivity index (χ1n) is 12.9. The van der Waals surface area contributed by atoms with E-state index in [-0.39, 0.29) is 0 Å². The molecule has 1 amide bonds. The minimum atomic E-state index is -0.589. The number of rotatable bonds is 8. The summed E-state index contributed by atoms with van der Waals surface area (Å²) in [5.41, 5.74) is 11.3. The summed E-state index contributed by atoms with van der Waals surface area (Å²) in [5, 5.41) is 3.36. The fourth-order valence-corrected chi connectivity index (χ4v) is 4.07. The van der Waals surface area contributed by atoms with E-state index in [0.29, 0.717) is 36.1 Å². The Bertz CT molecular complexity index is 1360. The molecule has 0 atom stereocenters. The van der Waals surface area contributed by atoms with Crippen LogP contribution in [0.1, 0.15) is 37.5 Å². The summed E-state index contributed by atoms with van der Waals surface area (Å²) in [6, 6.07) is 26.1. The highest BCUT2D eigenvalue weighted by molar-refractivity contribution is 5.89. The molecule has 1 aromatic heterocycles. The van der Waals surface area contributed by atoms with E-state index in [0.717, 1.165) is 22.4 Å². The third-order valence-corrected chi connectivity index (χ3v) is 6.12. The molecule has 0 bridgehead atoms. The fraction of sp³-hybridized carbons (Fsp3) is 0.258. The SMILES string of the molecule is Cc1ccc(N(C)C(=O)OC(C)(C)C)cc1Nc1ncnc(N(Cc2ccccc2)Cc2ccccc2)c1N. The van der Waals surface area contributed by atoms with Crippen LogP contribution in [-0.2, 0) is 17.8 Å². The number of aryl methyl sites for hydroxylation is 1. The van der Waals surface area contributed by atoms with E-state index < -0.39 is 11.7 Å². The van der Waals surface area contributed by atoms with Gasteiger partial charge in [-0.1, -0.05) is 66.7 Å². The molecule has 3 N–H and O–H groups in total. The van der Waals surface area contributed by atoms with Crippen molar-refractivity contribution in [1.29, 1.82) is 0 Å². The number of carbonyl (C=O) groups excluding carboxylic acids is 1. The lowest BCUT2D eigenvalue weighted by Crippen LogP contribution is -2.34. The van der Waals surface area contributed by atoms with Gasteiger partial charge in [-0.3, -0.25) is 4.90 Å². The van der Waals surface area contributed by atoms with Gasteiger partial charge in [0.15, 0.2) is 11.6 Å². The van der Waals surface area contributed by atoms with Crippen molar-refractivity contribution in [2.75, 3.05) is 27.9 Å². The van der Waals surface area contributed by atoms with E-state index in [9.17, 15) is 4.79 Å². The lowest BCUT2D eigenvalue weighted by molar-refractivity contribution is 0.0589. The van der Waals surface area contributed by atoms with E-state index >= 15 is 0 Å². The smallest absolute Gasteiger partial charge is 0.414 e. The van der Waals surface area contributed by atoms with Crippen molar-refractivity contribution in [3.8, 4) is 0 Å². The predicted octanol–water partition coefficient (Wildman–Crippen LogP) is 6.69. The van der Waals surface area contributed by atoms with Crippen molar-refractivity contribution in [3.63, 3.8) is 0 Å². The number of nitrogens with zero attached hydrogens (tertiary/aromatic N) is 4. The average Bonchev–Trinajstić information content (AvgIpc) is 2.90. The number of benzene rings is 3. The fourth-order valence-electron chi connectivity index (χ4n) is 4.07. The van der Waals surface area contributed by atoms with E-state index in [2.05, 4.69) is 44.5 Å². The predicted molar refractivity (Wildman–Crippen MR) is 158 cm³/mol. The zero-order chi connectivity index (χ0) is 28.0. The first-order valence-corrected chi connectivity index (χ1v) is 12.9. The lowest BCUT2D eigenvalue weighted by Gasteiger charge is -2.26. The molecule has 3 aromatic carbocycles. The molecule has 0 spiro atoms. The number of amides is 1. The molecule has 4 aromatic rings. The Labute approximate surface area is 230 Å². The highest BCUT2D eigenvalue weighted by atomic mass is 16.6. The molecule has 0 unspecified atom stereocenters. The number of hydrogen-bond donors (Lipinski definition) is 2. The van der Waals surface area contributed by atoms with E-state index in [4.69, 9.17) is 10.5 Å². The van der Waals surface area contributed by atoms with Gasteiger partial charge >= 0.3 is 6.09 Å². The molecule has 8 heteroatoms. The van der Waals surface area contributed by atoms with Gasteiger partial charge in [-0.2, -0.15) is 0 Å². The second-order valence-electron chi connectivity index (χ2n) is 10.5. The van der Waals surface area contributed by atoms with Crippen molar-refractivity contribution >= 4 is 34.8 Å². The maximum Gasteiger partial charge on any atom is 0.414 e. The minimum Gasteiger partial charge on any atom is -0.443 e. The summed E-state index contributed by atoms with van der Waals surface area (Å²) >= 11 is 0. The van der Waals surface area contributed by atoms with Crippen LogP contribution in [0.15, 0.2) is 85.2 Å². The number of nitrogen functional groups attached to an aromatic ring is 1. The van der Waals surface area contributed by atoms with Crippen LogP contribution in [0, 0.1) is 6.92 Å². The number of aromatic nitrogens is 2. The Morgan fingerprint density at radius 3 is 2.08 bits per heavy atom. The van der Waals surface area contributed by atoms with Gasteiger partial charge in [0.25, 0.3) is 0 Å². The Hall–Kier alpha value is -4.59. The van der Waals surface area contributed by atoms with Crippen LogP contribution < -0.4 is 20.9 Å². The second-order valence-corrected chi connectivity index (χ2v) is 10.5. The van der Waals surface area contributed by atoms with Crippen LogP contribution in [0.3, 0.4) is 0 Å². The van der Waals surface area contributed by atoms with Crippen molar-refractivity contribution in [2.45, 2.75) is 46.4 Å². The zero-order valence-corrected chi connectivity index (χ0v) is 23.2. The van der Waals surface area contributed by atoms with Gasteiger partial charge in [-0.05, 0) is 56.5 Å². The molecule has 0 aliphatic carbocycles. The van der Waals surface area contributed by atoms with Crippen LogP contribution in [0.2, 0.25) is 0 Å². The standard InChI is InChI=1S/C31H36N6O2/c1-22-16-17-25(36(5)30(38)39-31(2,3)4)18-26(22)35-28-27(32)29(34-21-33-28)37(19-23-12-8-6-9-13-23)20-24-14-10-7-11-15-24/h6-18,21H,19-20,32H2,1-5H3,(H,33,34,35).